The van der Waals surface area contributed by atoms with Gasteiger partial charge in [-0.1, -0.05) is 74.5 Å². The zero-order valence-electron chi connectivity index (χ0n) is 35.2. The summed E-state index contributed by atoms with van der Waals surface area (Å²) >= 11 is 0. The molecule has 318 valence electrons. The van der Waals surface area contributed by atoms with Crippen molar-refractivity contribution < 1.29 is 48.1 Å². The van der Waals surface area contributed by atoms with Gasteiger partial charge in [-0.05, 0) is 100 Å². The van der Waals surface area contributed by atoms with Gasteiger partial charge in [0.15, 0.2) is 0 Å². The number of rotatable bonds is 18. The summed E-state index contributed by atoms with van der Waals surface area (Å²) in [5.41, 5.74) is 3.64. The fraction of sp³-hybridized carbons (Fsp3) is 0.467. The zero-order valence-corrected chi connectivity index (χ0v) is 35.2. The monoisotopic (exact) mass is 814 g/mol. The van der Waals surface area contributed by atoms with Crippen LogP contribution in [0.3, 0.4) is 0 Å². The van der Waals surface area contributed by atoms with E-state index in [4.69, 9.17) is 19.3 Å². The number of amides is 4. The number of nitrogens with one attached hydrogen (secondary N) is 4. The second-order valence-corrected chi connectivity index (χ2v) is 17.1. The molecule has 0 radical (unpaired) electrons. The number of carboxylic acids is 1. The molecule has 0 aromatic heterocycles. The van der Waals surface area contributed by atoms with Gasteiger partial charge in [-0.3, -0.25) is 24.0 Å². The topological polar surface area (TPSA) is 198 Å². The van der Waals surface area contributed by atoms with E-state index in [-0.39, 0.29) is 44.1 Å². The lowest BCUT2D eigenvalue weighted by Crippen LogP contribution is -2.57. The number of hydrogen-bond acceptors (Lipinski definition) is 9. The van der Waals surface area contributed by atoms with Crippen molar-refractivity contribution in [1.29, 1.82) is 0 Å². The van der Waals surface area contributed by atoms with Gasteiger partial charge in [0.1, 0.15) is 48.2 Å². The summed E-state index contributed by atoms with van der Waals surface area (Å²) in [5.74, 6) is -3.88. The SMILES string of the molecule is CC(C)C[C@H](NC(=O)[C@H](Cc1ccc(OC(C)(C)C)cc1)NC(=O)OCC1c2ccccc2-c2ccccc21)C(=O)N[C@@H](CCC(=O)OC(C)(C)C)C(=O)NCC(=O)O. The standard InChI is InChI=1S/C45H58N4O10/c1-27(2)23-36(41(54)47-35(40(53)46-25-38(50)51)21-22-39(52)59-45(6,7)8)48-42(55)37(24-28-17-19-29(20-18-28)58-44(3,4)5)49-43(56)57-26-34-32-15-11-9-13-30(32)31-14-10-12-16-33(31)34/h9-20,27,34-37H,21-26H2,1-8H3,(H,46,53)(H,47,54)(H,48,55)(H,49,56)(H,50,51)/t35-,36-,37-/m0/s1. The minimum Gasteiger partial charge on any atom is -0.488 e. The predicted molar refractivity (Wildman–Crippen MR) is 222 cm³/mol. The van der Waals surface area contributed by atoms with Gasteiger partial charge in [0.05, 0.1) is 0 Å². The highest BCUT2D eigenvalue weighted by Crippen LogP contribution is 2.44. The molecular weight excluding hydrogens is 757 g/mol. The maximum Gasteiger partial charge on any atom is 0.407 e. The van der Waals surface area contributed by atoms with Crippen molar-refractivity contribution in [3.63, 3.8) is 0 Å². The number of alkyl carbamates (subject to hydrolysis) is 1. The Hall–Kier alpha value is -5.92. The summed E-state index contributed by atoms with van der Waals surface area (Å²) in [7, 11) is 0. The van der Waals surface area contributed by atoms with Crippen LogP contribution in [0.4, 0.5) is 4.79 Å². The number of benzene rings is 3. The first-order chi connectivity index (χ1) is 27.7. The van der Waals surface area contributed by atoms with Crippen molar-refractivity contribution in [2.45, 2.75) is 116 Å². The Kier molecular flexibility index (Phi) is 15.6. The van der Waals surface area contributed by atoms with Crippen LogP contribution in [-0.4, -0.2) is 83.3 Å². The Morgan fingerprint density at radius 1 is 0.695 bits per heavy atom. The van der Waals surface area contributed by atoms with E-state index in [9.17, 15) is 28.8 Å². The summed E-state index contributed by atoms with van der Waals surface area (Å²) in [6, 6.07) is 19.2. The Labute approximate surface area is 346 Å². The van der Waals surface area contributed by atoms with Crippen LogP contribution >= 0.6 is 0 Å². The van der Waals surface area contributed by atoms with Gasteiger partial charge in [0.2, 0.25) is 17.7 Å². The molecule has 0 spiro atoms. The molecule has 0 aliphatic heterocycles. The molecular formula is C45H58N4O10. The number of carboxylic acid groups (broad SMARTS) is 1. The lowest BCUT2D eigenvalue weighted by atomic mass is 9.98. The molecule has 0 heterocycles. The van der Waals surface area contributed by atoms with E-state index in [1.165, 1.54) is 0 Å². The fourth-order valence-electron chi connectivity index (χ4n) is 6.73. The number of fused-ring (bicyclic) bond motifs is 3. The van der Waals surface area contributed by atoms with E-state index in [0.717, 1.165) is 22.3 Å². The third-order valence-corrected chi connectivity index (χ3v) is 9.18. The molecule has 1 aliphatic carbocycles. The molecule has 5 N–H and O–H groups in total. The first kappa shape index (κ1) is 45.8. The quantitative estimate of drug-likeness (QED) is 0.100. The van der Waals surface area contributed by atoms with Crippen LogP contribution in [0.1, 0.15) is 97.3 Å². The molecule has 0 unspecified atom stereocenters. The van der Waals surface area contributed by atoms with Crippen LogP contribution in [0.5, 0.6) is 5.75 Å². The second-order valence-electron chi connectivity index (χ2n) is 17.1. The van der Waals surface area contributed by atoms with Crippen molar-refractivity contribution in [2.24, 2.45) is 5.92 Å². The van der Waals surface area contributed by atoms with E-state index in [0.29, 0.717) is 11.3 Å². The summed E-state index contributed by atoms with van der Waals surface area (Å²) in [6.07, 6.45) is -1.12. The Morgan fingerprint density at radius 2 is 1.25 bits per heavy atom. The molecule has 14 heteroatoms. The third-order valence-electron chi connectivity index (χ3n) is 9.18. The van der Waals surface area contributed by atoms with E-state index in [1.54, 1.807) is 45.0 Å². The van der Waals surface area contributed by atoms with Crippen molar-refractivity contribution in [1.82, 2.24) is 21.3 Å². The molecule has 0 bridgehead atoms. The smallest absolute Gasteiger partial charge is 0.407 e. The number of esters is 1. The molecule has 1 aliphatic rings. The average molecular weight is 815 g/mol. The molecule has 59 heavy (non-hydrogen) atoms. The Balaban J connectivity index is 1.54. The molecule has 3 aromatic carbocycles. The van der Waals surface area contributed by atoms with Crippen molar-refractivity contribution in [3.05, 3.63) is 89.5 Å². The van der Waals surface area contributed by atoms with E-state index in [2.05, 4.69) is 21.3 Å². The molecule has 4 amide bonds. The normalized spacial score (nSPS) is 13.8. The summed E-state index contributed by atoms with van der Waals surface area (Å²) in [4.78, 5) is 78.4. The molecule has 3 aromatic rings. The van der Waals surface area contributed by atoms with Gasteiger partial charge in [0, 0.05) is 18.8 Å². The Morgan fingerprint density at radius 3 is 1.80 bits per heavy atom. The van der Waals surface area contributed by atoms with Gasteiger partial charge >= 0.3 is 18.0 Å². The van der Waals surface area contributed by atoms with E-state index in [1.807, 2.05) is 83.1 Å². The molecule has 0 saturated heterocycles. The van der Waals surface area contributed by atoms with Gasteiger partial charge in [-0.2, -0.15) is 0 Å². The highest BCUT2D eigenvalue weighted by atomic mass is 16.6. The molecule has 0 fully saturated rings. The number of carbonyl (C=O) groups is 6. The largest absolute Gasteiger partial charge is 0.488 e. The van der Waals surface area contributed by atoms with Crippen LogP contribution in [0, 0.1) is 5.92 Å². The fourth-order valence-corrected chi connectivity index (χ4v) is 6.73. The van der Waals surface area contributed by atoms with Gasteiger partial charge in [0.25, 0.3) is 0 Å². The van der Waals surface area contributed by atoms with Crippen molar-refractivity contribution >= 4 is 35.8 Å². The zero-order chi connectivity index (χ0) is 43.5. The van der Waals surface area contributed by atoms with Gasteiger partial charge in [-0.25, -0.2) is 4.79 Å². The maximum absolute atomic E-state index is 14.2. The predicted octanol–water partition coefficient (Wildman–Crippen LogP) is 5.65. The number of aliphatic carboxylic acids is 1. The van der Waals surface area contributed by atoms with Crippen molar-refractivity contribution in [2.75, 3.05) is 13.2 Å². The molecule has 4 rings (SSSR count). The number of carbonyl (C=O) groups excluding carboxylic acids is 5. The van der Waals surface area contributed by atoms with Crippen LogP contribution < -0.4 is 26.0 Å². The maximum atomic E-state index is 14.2. The molecule has 14 nitrogen and oxygen atoms in total. The van der Waals surface area contributed by atoms with Crippen LogP contribution in [-0.2, 0) is 39.9 Å². The number of hydrogen-bond donors (Lipinski definition) is 5. The highest BCUT2D eigenvalue weighted by Gasteiger charge is 2.33. The van der Waals surface area contributed by atoms with Crippen LogP contribution in [0.25, 0.3) is 11.1 Å². The average Bonchev–Trinajstić information content (AvgIpc) is 3.46. The lowest BCUT2D eigenvalue weighted by molar-refractivity contribution is -0.155. The first-order valence-electron chi connectivity index (χ1n) is 19.9. The highest BCUT2D eigenvalue weighted by molar-refractivity contribution is 5.94. The van der Waals surface area contributed by atoms with E-state index < -0.39 is 71.6 Å². The summed E-state index contributed by atoms with van der Waals surface area (Å²) in [6.45, 7) is 13.8. The number of ether oxygens (including phenoxy) is 3. The first-order valence-corrected chi connectivity index (χ1v) is 19.9. The summed E-state index contributed by atoms with van der Waals surface area (Å²) in [5, 5.41) is 19.5. The van der Waals surface area contributed by atoms with Crippen LogP contribution in [0.2, 0.25) is 0 Å². The minimum absolute atomic E-state index is 0.0139. The van der Waals surface area contributed by atoms with Gasteiger partial charge < -0.3 is 40.6 Å². The lowest BCUT2D eigenvalue weighted by Gasteiger charge is -2.26. The van der Waals surface area contributed by atoms with Crippen LogP contribution in [0.15, 0.2) is 72.8 Å². The molecule has 0 saturated carbocycles. The summed E-state index contributed by atoms with van der Waals surface area (Å²) < 4.78 is 17.1. The molecule has 3 atom stereocenters. The van der Waals surface area contributed by atoms with Gasteiger partial charge in [-0.15, -0.1) is 0 Å². The minimum atomic E-state index is -1.33. The second kappa shape index (κ2) is 20.2. The van der Waals surface area contributed by atoms with E-state index >= 15 is 0 Å². The van der Waals surface area contributed by atoms with Crippen molar-refractivity contribution in [3.8, 4) is 16.9 Å². The third kappa shape index (κ3) is 14.4. The Bertz CT molecular complexity index is 1920.